The highest BCUT2D eigenvalue weighted by Crippen LogP contribution is 2.12. The van der Waals surface area contributed by atoms with Gasteiger partial charge in [0.2, 0.25) is 5.91 Å². The van der Waals surface area contributed by atoms with E-state index in [0.717, 1.165) is 18.7 Å². The smallest absolute Gasteiger partial charge is 0.238 e. The Bertz CT molecular complexity index is 311. The molecule has 0 atom stereocenters. The summed E-state index contributed by atoms with van der Waals surface area (Å²) in [5.74, 6) is -0.0363. The van der Waals surface area contributed by atoms with E-state index < -0.39 is 0 Å². The number of carbonyl (C=O) groups excluding carboxylic acids is 1. The third-order valence-corrected chi connectivity index (χ3v) is 2.09. The Morgan fingerprint density at radius 3 is 2.60 bits per heavy atom. The fourth-order valence-electron chi connectivity index (χ4n) is 1.12. The predicted octanol–water partition coefficient (Wildman–Crippen LogP) is 2.28. The Labute approximate surface area is 94.8 Å². The third-order valence-electron chi connectivity index (χ3n) is 1.84. The SMILES string of the molecule is CCCNCC(=O)Nc1ccc(Cl)cc1. The van der Waals surface area contributed by atoms with Crippen molar-refractivity contribution in [2.45, 2.75) is 13.3 Å². The van der Waals surface area contributed by atoms with Gasteiger partial charge in [-0.3, -0.25) is 4.79 Å². The van der Waals surface area contributed by atoms with Gasteiger partial charge >= 0.3 is 0 Å². The summed E-state index contributed by atoms with van der Waals surface area (Å²) in [7, 11) is 0. The van der Waals surface area contributed by atoms with Gasteiger partial charge in [0, 0.05) is 10.7 Å². The summed E-state index contributed by atoms with van der Waals surface area (Å²) in [6.07, 6.45) is 1.02. The summed E-state index contributed by atoms with van der Waals surface area (Å²) in [5.41, 5.74) is 0.766. The van der Waals surface area contributed by atoms with Crippen LogP contribution in [-0.2, 0) is 4.79 Å². The number of anilines is 1. The first-order valence-corrected chi connectivity index (χ1v) is 5.36. The molecule has 3 nitrogen and oxygen atoms in total. The van der Waals surface area contributed by atoms with Crippen LogP contribution in [0.4, 0.5) is 5.69 Å². The van der Waals surface area contributed by atoms with E-state index in [9.17, 15) is 4.79 Å². The summed E-state index contributed by atoms with van der Waals surface area (Å²) in [5, 5.41) is 6.46. The van der Waals surface area contributed by atoms with Crippen LogP contribution < -0.4 is 10.6 Å². The van der Waals surface area contributed by atoms with Gasteiger partial charge in [-0.05, 0) is 37.2 Å². The van der Waals surface area contributed by atoms with Gasteiger partial charge in [-0.15, -0.1) is 0 Å². The lowest BCUT2D eigenvalue weighted by Gasteiger charge is -2.05. The lowest BCUT2D eigenvalue weighted by molar-refractivity contribution is -0.115. The lowest BCUT2D eigenvalue weighted by atomic mass is 10.3. The van der Waals surface area contributed by atoms with Crippen molar-refractivity contribution in [3.8, 4) is 0 Å². The molecule has 0 aliphatic rings. The maximum atomic E-state index is 11.4. The Balaban J connectivity index is 2.34. The first kappa shape index (κ1) is 12.0. The molecule has 0 saturated carbocycles. The second kappa shape index (κ2) is 6.43. The number of halogens is 1. The lowest BCUT2D eigenvalue weighted by Crippen LogP contribution is -2.28. The normalized spacial score (nSPS) is 10.0. The van der Waals surface area contributed by atoms with Crippen LogP contribution >= 0.6 is 11.6 Å². The Hall–Kier alpha value is -1.06. The van der Waals surface area contributed by atoms with Gasteiger partial charge in [0.05, 0.1) is 6.54 Å². The summed E-state index contributed by atoms with van der Waals surface area (Å²) in [6.45, 7) is 3.26. The van der Waals surface area contributed by atoms with E-state index in [1.165, 1.54) is 0 Å². The van der Waals surface area contributed by atoms with E-state index in [1.807, 2.05) is 0 Å². The summed E-state index contributed by atoms with van der Waals surface area (Å²) >= 11 is 5.73. The molecular weight excluding hydrogens is 212 g/mol. The molecule has 0 fully saturated rings. The summed E-state index contributed by atoms with van der Waals surface area (Å²) in [4.78, 5) is 11.4. The number of benzene rings is 1. The standard InChI is InChI=1S/C11H15ClN2O/c1-2-7-13-8-11(15)14-10-5-3-9(12)4-6-10/h3-6,13H,2,7-8H2,1H3,(H,14,15). The minimum atomic E-state index is -0.0363. The average Bonchev–Trinajstić information content (AvgIpc) is 2.22. The van der Waals surface area contributed by atoms with Gasteiger partial charge in [0.25, 0.3) is 0 Å². The second-order valence-electron chi connectivity index (χ2n) is 3.23. The Morgan fingerprint density at radius 1 is 1.33 bits per heavy atom. The highest BCUT2D eigenvalue weighted by Gasteiger charge is 2.00. The molecule has 0 bridgehead atoms. The number of rotatable bonds is 5. The fraction of sp³-hybridized carbons (Fsp3) is 0.364. The number of nitrogens with one attached hydrogen (secondary N) is 2. The van der Waals surface area contributed by atoms with Gasteiger partial charge in [-0.1, -0.05) is 18.5 Å². The molecule has 15 heavy (non-hydrogen) atoms. The number of hydrogen-bond acceptors (Lipinski definition) is 2. The Kier molecular flexibility index (Phi) is 5.15. The van der Waals surface area contributed by atoms with E-state index in [4.69, 9.17) is 11.6 Å². The fourth-order valence-corrected chi connectivity index (χ4v) is 1.24. The molecule has 1 aromatic carbocycles. The topological polar surface area (TPSA) is 41.1 Å². The quantitative estimate of drug-likeness (QED) is 0.757. The van der Waals surface area contributed by atoms with E-state index in [0.29, 0.717) is 11.6 Å². The van der Waals surface area contributed by atoms with Crippen molar-refractivity contribution < 1.29 is 4.79 Å². The van der Waals surface area contributed by atoms with Crippen LogP contribution in [0.1, 0.15) is 13.3 Å². The molecule has 2 N–H and O–H groups in total. The van der Waals surface area contributed by atoms with Crippen LogP contribution in [0, 0.1) is 0 Å². The molecule has 0 spiro atoms. The van der Waals surface area contributed by atoms with Crippen LogP contribution in [-0.4, -0.2) is 19.0 Å². The van der Waals surface area contributed by atoms with Crippen LogP contribution in [0.3, 0.4) is 0 Å². The second-order valence-corrected chi connectivity index (χ2v) is 3.67. The van der Waals surface area contributed by atoms with Crippen molar-refractivity contribution in [2.75, 3.05) is 18.4 Å². The van der Waals surface area contributed by atoms with Crippen LogP contribution in [0.25, 0.3) is 0 Å². The van der Waals surface area contributed by atoms with Crippen molar-refractivity contribution in [3.05, 3.63) is 29.3 Å². The number of hydrogen-bond donors (Lipinski definition) is 2. The first-order chi connectivity index (χ1) is 7.22. The number of amides is 1. The zero-order valence-corrected chi connectivity index (χ0v) is 9.47. The maximum Gasteiger partial charge on any atom is 0.238 e. The highest BCUT2D eigenvalue weighted by atomic mass is 35.5. The predicted molar refractivity (Wildman–Crippen MR) is 63.2 cm³/mol. The molecule has 0 aliphatic carbocycles. The average molecular weight is 227 g/mol. The molecule has 1 rings (SSSR count). The molecule has 0 unspecified atom stereocenters. The van der Waals surface area contributed by atoms with Crippen molar-refractivity contribution in [1.29, 1.82) is 0 Å². The molecule has 0 radical (unpaired) electrons. The van der Waals surface area contributed by atoms with Crippen molar-refractivity contribution >= 4 is 23.2 Å². The molecule has 1 aromatic rings. The molecule has 0 heterocycles. The summed E-state index contributed by atoms with van der Waals surface area (Å²) in [6, 6.07) is 7.05. The van der Waals surface area contributed by atoms with Gasteiger partial charge in [-0.25, -0.2) is 0 Å². The zero-order valence-electron chi connectivity index (χ0n) is 8.72. The minimum absolute atomic E-state index is 0.0363. The van der Waals surface area contributed by atoms with Gasteiger partial charge in [0.15, 0.2) is 0 Å². The molecule has 1 amide bonds. The van der Waals surface area contributed by atoms with Crippen molar-refractivity contribution in [2.24, 2.45) is 0 Å². The third kappa shape index (κ3) is 4.81. The highest BCUT2D eigenvalue weighted by molar-refractivity contribution is 6.30. The monoisotopic (exact) mass is 226 g/mol. The van der Waals surface area contributed by atoms with Crippen molar-refractivity contribution in [3.63, 3.8) is 0 Å². The molecule has 0 aliphatic heterocycles. The maximum absolute atomic E-state index is 11.4. The van der Waals surface area contributed by atoms with Crippen LogP contribution in [0.5, 0.6) is 0 Å². The Morgan fingerprint density at radius 2 is 2.00 bits per heavy atom. The van der Waals surface area contributed by atoms with Crippen LogP contribution in [0.15, 0.2) is 24.3 Å². The molecule has 0 aromatic heterocycles. The first-order valence-electron chi connectivity index (χ1n) is 4.98. The minimum Gasteiger partial charge on any atom is -0.325 e. The molecule has 4 heteroatoms. The zero-order chi connectivity index (χ0) is 11.1. The van der Waals surface area contributed by atoms with Crippen molar-refractivity contribution in [1.82, 2.24) is 5.32 Å². The molecule has 0 saturated heterocycles. The summed E-state index contributed by atoms with van der Waals surface area (Å²) < 4.78 is 0. The van der Waals surface area contributed by atoms with E-state index >= 15 is 0 Å². The molecule has 82 valence electrons. The number of carbonyl (C=O) groups is 1. The van der Waals surface area contributed by atoms with Gasteiger partial charge in [-0.2, -0.15) is 0 Å². The van der Waals surface area contributed by atoms with E-state index in [1.54, 1.807) is 24.3 Å². The van der Waals surface area contributed by atoms with Crippen LogP contribution in [0.2, 0.25) is 5.02 Å². The van der Waals surface area contributed by atoms with Gasteiger partial charge in [0.1, 0.15) is 0 Å². The van der Waals surface area contributed by atoms with Gasteiger partial charge < -0.3 is 10.6 Å². The van der Waals surface area contributed by atoms with E-state index in [2.05, 4.69) is 17.6 Å². The van der Waals surface area contributed by atoms with E-state index in [-0.39, 0.29) is 5.91 Å². The molecular formula is C11H15ClN2O. The largest absolute Gasteiger partial charge is 0.325 e.